The summed E-state index contributed by atoms with van der Waals surface area (Å²) in [5.74, 6) is 0.00983. The Balaban J connectivity index is 0.00000370. The molecule has 1 amide bonds. The average molecular weight is 571 g/mol. The Labute approximate surface area is 248 Å². The summed E-state index contributed by atoms with van der Waals surface area (Å²) in [6.45, 7) is 2.31. The fourth-order valence-corrected chi connectivity index (χ4v) is 5.88. The van der Waals surface area contributed by atoms with Gasteiger partial charge in [0.15, 0.2) is 0 Å². The molecule has 6 heteroatoms. The number of piperidine rings is 1. The van der Waals surface area contributed by atoms with Crippen LogP contribution >= 0.6 is 24.0 Å². The van der Waals surface area contributed by atoms with E-state index in [0.29, 0.717) is 24.3 Å². The first-order valence-electron chi connectivity index (χ1n) is 13.4. The summed E-state index contributed by atoms with van der Waals surface area (Å²) >= 11 is 6.05. The fraction of sp³-hybridized carbons (Fsp3) is 0.235. The van der Waals surface area contributed by atoms with Crippen LogP contribution in [-0.4, -0.2) is 30.4 Å². The van der Waals surface area contributed by atoms with E-state index in [-0.39, 0.29) is 18.3 Å². The highest BCUT2D eigenvalue weighted by atomic mass is 35.5. The molecule has 1 N–H and O–H groups in total. The fourth-order valence-electron chi connectivity index (χ4n) is 5.76. The number of carbonyl (C=O) groups excluding carboxylic acids is 1. The van der Waals surface area contributed by atoms with Crippen LogP contribution < -0.4 is 5.32 Å². The molecular weight excluding hydrogens is 537 g/mol. The third-order valence-electron chi connectivity index (χ3n) is 8.10. The highest BCUT2D eigenvalue weighted by molar-refractivity contribution is 6.30. The minimum atomic E-state index is -0.734. The molecule has 1 fully saturated rings. The van der Waals surface area contributed by atoms with E-state index in [2.05, 4.69) is 28.4 Å². The number of anilines is 1. The molecule has 0 atom stereocenters. The standard InChI is InChI=1S/C34H32ClN3O.ClH/c35-30-16-18-31(19-17-30)37-32(39)33(27-10-4-1-5-11-27)20-23-38(24-21-33)25-22-34(26-36,28-12-6-2-7-13-28)29-14-8-3-9-15-29;/h1-19H,20-25H2,(H,37,39);1H. The second-order valence-electron chi connectivity index (χ2n) is 10.2. The van der Waals surface area contributed by atoms with Crippen LogP contribution in [0.15, 0.2) is 115 Å². The van der Waals surface area contributed by atoms with Crippen molar-refractivity contribution in [2.75, 3.05) is 25.0 Å². The van der Waals surface area contributed by atoms with Crippen molar-refractivity contribution < 1.29 is 4.79 Å². The maximum absolute atomic E-state index is 13.8. The van der Waals surface area contributed by atoms with E-state index < -0.39 is 10.8 Å². The zero-order valence-electron chi connectivity index (χ0n) is 22.3. The molecule has 40 heavy (non-hydrogen) atoms. The number of rotatable bonds is 8. The molecule has 0 spiro atoms. The van der Waals surface area contributed by atoms with Gasteiger partial charge in [-0.2, -0.15) is 5.26 Å². The lowest BCUT2D eigenvalue weighted by atomic mass is 9.71. The van der Waals surface area contributed by atoms with Crippen LogP contribution in [0.4, 0.5) is 5.69 Å². The molecule has 0 radical (unpaired) electrons. The molecule has 1 aliphatic rings. The summed E-state index contributed by atoms with van der Waals surface area (Å²) < 4.78 is 0. The summed E-state index contributed by atoms with van der Waals surface area (Å²) in [5, 5.41) is 14.3. The molecule has 0 aromatic heterocycles. The van der Waals surface area contributed by atoms with Crippen molar-refractivity contribution in [2.24, 2.45) is 0 Å². The van der Waals surface area contributed by atoms with Gasteiger partial charge in [0, 0.05) is 17.3 Å². The lowest BCUT2D eigenvalue weighted by molar-refractivity contribution is -0.123. The van der Waals surface area contributed by atoms with Crippen LogP contribution in [0, 0.1) is 11.3 Å². The number of nitriles is 1. The summed E-state index contributed by atoms with van der Waals surface area (Å²) in [4.78, 5) is 16.2. The van der Waals surface area contributed by atoms with Gasteiger partial charge in [-0.25, -0.2) is 0 Å². The second-order valence-corrected chi connectivity index (χ2v) is 10.7. The Morgan fingerprint density at radius 2 is 1.32 bits per heavy atom. The topological polar surface area (TPSA) is 56.1 Å². The number of halogens is 2. The van der Waals surface area contributed by atoms with E-state index in [1.54, 1.807) is 12.1 Å². The van der Waals surface area contributed by atoms with E-state index in [4.69, 9.17) is 11.6 Å². The average Bonchev–Trinajstić information content (AvgIpc) is 3.01. The van der Waals surface area contributed by atoms with Gasteiger partial charge in [-0.05, 0) is 73.3 Å². The lowest BCUT2D eigenvalue weighted by Gasteiger charge is -2.42. The molecular formula is C34H33Cl2N3O. The largest absolute Gasteiger partial charge is 0.325 e. The van der Waals surface area contributed by atoms with Gasteiger partial charge in [-0.3, -0.25) is 4.79 Å². The molecule has 0 aliphatic carbocycles. The van der Waals surface area contributed by atoms with E-state index in [9.17, 15) is 10.1 Å². The maximum atomic E-state index is 13.8. The smallest absolute Gasteiger partial charge is 0.235 e. The molecule has 0 bridgehead atoms. The number of hydrogen-bond acceptors (Lipinski definition) is 3. The van der Waals surface area contributed by atoms with E-state index >= 15 is 0 Å². The van der Waals surface area contributed by atoms with Crippen molar-refractivity contribution in [3.8, 4) is 6.07 Å². The van der Waals surface area contributed by atoms with Crippen molar-refractivity contribution in [1.29, 1.82) is 5.26 Å². The van der Waals surface area contributed by atoms with Crippen LogP contribution in [0.3, 0.4) is 0 Å². The number of likely N-dealkylation sites (tertiary alicyclic amines) is 1. The molecule has 0 saturated carbocycles. The zero-order chi connectivity index (χ0) is 27.1. The minimum absolute atomic E-state index is 0. The van der Waals surface area contributed by atoms with Gasteiger partial charge in [0.25, 0.3) is 0 Å². The Bertz CT molecular complexity index is 1370. The van der Waals surface area contributed by atoms with Gasteiger partial charge in [0.2, 0.25) is 5.91 Å². The number of amides is 1. The van der Waals surface area contributed by atoms with Crippen LogP contribution in [0.2, 0.25) is 5.02 Å². The monoisotopic (exact) mass is 569 g/mol. The normalized spacial score (nSPS) is 14.9. The molecule has 4 nitrogen and oxygen atoms in total. The summed E-state index contributed by atoms with van der Waals surface area (Å²) in [6, 6.07) is 40.2. The molecule has 204 valence electrons. The molecule has 5 rings (SSSR count). The molecule has 0 unspecified atom stereocenters. The van der Waals surface area contributed by atoms with Crippen LogP contribution in [0.25, 0.3) is 0 Å². The Kier molecular flexibility index (Phi) is 9.66. The number of nitrogens with zero attached hydrogens (tertiary/aromatic N) is 2. The third-order valence-corrected chi connectivity index (χ3v) is 8.35. The van der Waals surface area contributed by atoms with Crippen molar-refractivity contribution in [1.82, 2.24) is 4.90 Å². The SMILES string of the molecule is Cl.N#CC(CCN1CCC(C(=O)Nc2ccc(Cl)cc2)(c2ccccc2)CC1)(c1ccccc1)c1ccccc1. The molecule has 1 heterocycles. The second kappa shape index (κ2) is 13.2. The van der Waals surface area contributed by atoms with Crippen LogP contribution in [0.1, 0.15) is 36.0 Å². The summed E-state index contributed by atoms with van der Waals surface area (Å²) in [5.41, 5.74) is 2.45. The Morgan fingerprint density at radius 1 is 0.825 bits per heavy atom. The van der Waals surface area contributed by atoms with Gasteiger partial charge in [-0.15, -0.1) is 12.4 Å². The first-order chi connectivity index (χ1) is 19.1. The number of hydrogen-bond donors (Lipinski definition) is 1. The van der Waals surface area contributed by atoms with Gasteiger partial charge in [-0.1, -0.05) is 103 Å². The molecule has 1 saturated heterocycles. The van der Waals surface area contributed by atoms with Gasteiger partial charge in [0.1, 0.15) is 5.41 Å². The predicted octanol–water partition coefficient (Wildman–Crippen LogP) is 7.63. The van der Waals surface area contributed by atoms with Crippen molar-refractivity contribution in [3.05, 3.63) is 137 Å². The molecule has 4 aromatic rings. The minimum Gasteiger partial charge on any atom is -0.325 e. The maximum Gasteiger partial charge on any atom is 0.235 e. The van der Waals surface area contributed by atoms with E-state index in [1.165, 1.54) is 0 Å². The highest BCUT2D eigenvalue weighted by Crippen LogP contribution is 2.39. The van der Waals surface area contributed by atoms with Gasteiger partial charge in [0.05, 0.1) is 11.5 Å². The Morgan fingerprint density at radius 3 is 1.82 bits per heavy atom. The lowest BCUT2D eigenvalue weighted by Crippen LogP contribution is -2.50. The number of carbonyl (C=O) groups is 1. The molecule has 1 aliphatic heterocycles. The quantitative estimate of drug-likeness (QED) is 0.237. The molecule has 4 aromatic carbocycles. The van der Waals surface area contributed by atoms with E-state index in [1.807, 2.05) is 91.0 Å². The highest BCUT2D eigenvalue weighted by Gasteiger charge is 2.43. The van der Waals surface area contributed by atoms with Gasteiger partial charge >= 0.3 is 0 Å². The summed E-state index contributed by atoms with van der Waals surface area (Å²) in [7, 11) is 0. The predicted molar refractivity (Wildman–Crippen MR) is 165 cm³/mol. The third kappa shape index (κ3) is 6.08. The van der Waals surface area contributed by atoms with Crippen LogP contribution in [-0.2, 0) is 15.6 Å². The number of nitrogens with one attached hydrogen (secondary N) is 1. The van der Waals surface area contributed by atoms with Gasteiger partial charge < -0.3 is 10.2 Å². The summed E-state index contributed by atoms with van der Waals surface area (Å²) in [6.07, 6.45) is 2.08. The Hall–Kier alpha value is -3.62. The van der Waals surface area contributed by atoms with Crippen LogP contribution in [0.5, 0.6) is 0 Å². The zero-order valence-corrected chi connectivity index (χ0v) is 23.9. The first kappa shape index (κ1) is 29.4. The van der Waals surface area contributed by atoms with E-state index in [0.717, 1.165) is 42.0 Å². The van der Waals surface area contributed by atoms with Crippen molar-refractivity contribution in [3.63, 3.8) is 0 Å². The number of benzene rings is 4. The van der Waals surface area contributed by atoms with Crippen molar-refractivity contribution in [2.45, 2.75) is 30.1 Å². The first-order valence-corrected chi connectivity index (χ1v) is 13.8. The van der Waals surface area contributed by atoms with Crippen molar-refractivity contribution >= 4 is 35.6 Å².